The number of amides is 1. The van der Waals surface area contributed by atoms with Crippen LogP contribution in [0.4, 0.5) is 21.2 Å². The molecule has 0 aromatic carbocycles. The van der Waals surface area contributed by atoms with Gasteiger partial charge in [0.05, 0.1) is 30.2 Å². The van der Waals surface area contributed by atoms with Crippen LogP contribution in [0.3, 0.4) is 0 Å². The van der Waals surface area contributed by atoms with Crippen molar-refractivity contribution in [2.45, 2.75) is 13.8 Å². The van der Waals surface area contributed by atoms with Crippen molar-refractivity contribution in [1.29, 1.82) is 0 Å². The van der Waals surface area contributed by atoms with Crippen LogP contribution in [0.2, 0.25) is 0 Å². The first kappa shape index (κ1) is 17.6. The second-order valence-electron chi connectivity index (χ2n) is 5.31. The Hall–Kier alpha value is -3.20. The lowest BCUT2D eigenvalue weighted by molar-refractivity contribution is 0.214. The van der Waals surface area contributed by atoms with E-state index in [9.17, 15) is 4.79 Å². The average Bonchev–Trinajstić information content (AvgIpc) is 2.93. The van der Waals surface area contributed by atoms with Gasteiger partial charge in [0.2, 0.25) is 0 Å². The highest BCUT2D eigenvalue weighted by molar-refractivity contribution is 7.16. The van der Waals surface area contributed by atoms with Gasteiger partial charge in [0, 0.05) is 23.6 Å². The summed E-state index contributed by atoms with van der Waals surface area (Å²) in [6, 6.07) is 5.21. The average molecular weight is 371 g/mol. The van der Waals surface area contributed by atoms with E-state index in [2.05, 4.69) is 25.6 Å². The van der Waals surface area contributed by atoms with E-state index in [1.54, 1.807) is 43.9 Å². The molecule has 0 unspecified atom stereocenters. The zero-order chi connectivity index (χ0) is 18.5. The maximum atomic E-state index is 12.2. The minimum Gasteiger partial charge on any atom is -0.495 e. The van der Waals surface area contributed by atoms with E-state index in [-0.39, 0.29) is 5.88 Å². The molecule has 8 nitrogen and oxygen atoms in total. The molecule has 0 fully saturated rings. The maximum absolute atomic E-state index is 12.2. The molecule has 9 heteroatoms. The molecule has 1 amide bonds. The van der Waals surface area contributed by atoms with Gasteiger partial charge in [-0.2, -0.15) is 0 Å². The molecule has 0 spiro atoms. The number of thiazole rings is 1. The van der Waals surface area contributed by atoms with Crippen molar-refractivity contribution in [1.82, 2.24) is 15.0 Å². The van der Waals surface area contributed by atoms with Crippen molar-refractivity contribution >= 4 is 33.8 Å². The van der Waals surface area contributed by atoms with E-state index in [0.29, 0.717) is 22.1 Å². The Morgan fingerprint density at radius 2 is 2.04 bits per heavy atom. The van der Waals surface area contributed by atoms with Crippen LogP contribution >= 0.6 is 11.3 Å². The van der Waals surface area contributed by atoms with Gasteiger partial charge in [-0.1, -0.05) is 11.3 Å². The molecule has 0 bridgehead atoms. The van der Waals surface area contributed by atoms with Crippen molar-refractivity contribution in [3.8, 4) is 11.6 Å². The van der Waals surface area contributed by atoms with Crippen LogP contribution in [0, 0.1) is 13.8 Å². The predicted octanol–water partition coefficient (Wildman–Crippen LogP) is 3.91. The van der Waals surface area contributed by atoms with Crippen molar-refractivity contribution in [3.05, 3.63) is 47.5 Å². The summed E-state index contributed by atoms with van der Waals surface area (Å²) in [5, 5.41) is 7.15. The third-order valence-electron chi connectivity index (χ3n) is 3.24. The molecule has 0 atom stereocenters. The van der Waals surface area contributed by atoms with Gasteiger partial charge in [-0.05, 0) is 26.0 Å². The number of hydrogen-bond acceptors (Lipinski definition) is 8. The highest BCUT2D eigenvalue weighted by Crippen LogP contribution is 2.34. The second kappa shape index (κ2) is 7.79. The number of aryl methyl sites for hydroxylation is 2. The standard InChI is InChI=1S/C17H17N5O3S/c1-10-6-12(4-5-19-10)22-17(23)25-15-16(26-11(2)20-15)21-13-7-14(24-3)9-18-8-13/h4-9,21H,1-3H3,(H,19,22,23). The second-order valence-corrected chi connectivity index (χ2v) is 6.51. The first-order valence-electron chi connectivity index (χ1n) is 7.68. The number of methoxy groups -OCH3 is 1. The van der Waals surface area contributed by atoms with Crippen LogP contribution in [0.5, 0.6) is 11.6 Å². The topological polar surface area (TPSA) is 98.3 Å². The summed E-state index contributed by atoms with van der Waals surface area (Å²) < 4.78 is 10.5. The molecule has 0 radical (unpaired) electrons. The molecule has 0 aliphatic rings. The van der Waals surface area contributed by atoms with Crippen LogP contribution < -0.4 is 20.1 Å². The van der Waals surface area contributed by atoms with Gasteiger partial charge in [0.15, 0.2) is 5.00 Å². The van der Waals surface area contributed by atoms with E-state index < -0.39 is 6.09 Å². The summed E-state index contributed by atoms with van der Waals surface area (Å²) in [6.45, 7) is 3.67. The Morgan fingerprint density at radius 3 is 2.81 bits per heavy atom. The number of nitrogens with one attached hydrogen (secondary N) is 2. The van der Waals surface area contributed by atoms with Crippen LogP contribution in [0.15, 0.2) is 36.8 Å². The van der Waals surface area contributed by atoms with Gasteiger partial charge >= 0.3 is 6.09 Å². The zero-order valence-electron chi connectivity index (χ0n) is 14.4. The molecule has 0 aliphatic carbocycles. The lowest BCUT2D eigenvalue weighted by atomic mass is 10.3. The van der Waals surface area contributed by atoms with Gasteiger partial charge in [0.25, 0.3) is 5.88 Å². The predicted molar refractivity (Wildman–Crippen MR) is 99.5 cm³/mol. The van der Waals surface area contributed by atoms with Gasteiger partial charge in [-0.15, -0.1) is 0 Å². The van der Waals surface area contributed by atoms with Crippen LogP contribution in [-0.2, 0) is 0 Å². The molecular formula is C17H17N5O3S. The smallest absolute Gasteiger partial charge is 0.418 e. The molecular weight excluding hydrogens is 354 g/mol. The molecule has 134 valence electrons. The van der Waals surface area contributed by atoms with Crippen LogP contribution in [0.25, 0.3) is 0 Å². The number of pyridine rings is 2. The van der Waals surface area contributed by atoms with Crippen molar-refractivity contribution in [3.63, 3.8) is 0 Å². The summed E-state index contributed by atoms with van der Waals surface area (Å²) in [5.41, 5.74) is 2.09. The molecule has 0 saturated carbocycles. The van der Waals surface area contributed by atoms with E-state index in [1.807, 2.05) is 13.8 Å². The summed E-state index contributed by atoms with van der Waals surface area (Å²) >= 11 is 1.37. The Kier molecular flexibility index (Phi) is 5.28. The minimum absolute atomic E-state index is 0.193. The molecule has 3 aromatic heterocycles. The molecule has 3 aromatic rings. The van der Waals surface area contributed by atoms with Crippen LogP contribution in [0.1, 0.15) is 10.7 Å². The number of ether oxygens (including phenoxy) is 2. The zero-order valence-corrected chi connectivity index (χ0v) is 15.3. The van der Waals surface area contributed by atoms with E-state index in [1.165, 1.54) is 11.3 Å². The Bertz CT molecular complexity index is 928. The minimum atomic E-state index is -0.632. The molecule has 0 aliphatic heterocycles. The van der Waals surface area contributed by atoms with E-state index in [4.69, 9.17) is 9.47 Å². The van der Waals surface area contributed by atoms with Gasteiger partial charge in [0.1, 0.15) is 5.75 Å². The summed E-state index contributed by atoms with van der Waals surface area (Å²) in [5.74, 6) is 0.808. The van der Waals surface area contributed by atoms with Crippen molar-refractivity contribution in [2.24, 2.45) is 0 Å². The monoisotopic (exact) mass is 371 g/mol. The number of aromatic nitrogens is 3. The fourth-order valence-electron chi connectivity index (χ4n) is 2.14. The van der Waals surface area contributed by atoms with Gasteiger partial charge in [-0.3, -0.25) is 15.3 Å². The Labute approximate surface area is 154 Å². The Balaban J connectivity index is 1.73. The van der Waals surface area contributed by atoms with Gasteiger partial charge in [-0.25, -0.2) is 9.78 Å². The summed E-state index contributed by atoms with van der Waals surface area (Å²) in [6.07, 6.45) is 4.22. The first-order valence-corrected chi connectivity index (χ1v) is 8.50. The number of carbonyl (C=O) groups is 1. The van der Waals surface area contributed by atoms with Crippen molar-refractivity contribution in [2.75, 3.05) is 17.7 Å². The maximum Gasteiger partial charge on any atom is 0.418 e. The largest absolute Gasteiger partial charge is 0.495 e. The molecule has 3 rings (SSSR count). The lowest BCUT2D eigenvalue weighted by Gasteiger charge is -2.08. The highest BCUT2D eigenvalue weighted by atomic mass is 32.1. The fraction of sp³-hybridized carbons (Fsp3) is 0.176. The fourth-order valence-corrected chi connectivity index (χ4v) is 2.91. The third kappa shape index (κ3) is 4.45. The molecule has 26 heavy (non-hydrogen) atoms. The SMILES string of the molecule is COc1cncc(Nc2sc(C)nc2OC(=O)Nc2ccnc(C)c2)c1. The number of rotatable bonds is 5. The number of anilines is 3. The highest BCUT2D eigenvalue weighted by Gasteiger charge is 2.15. The summed E-state index contributed by atoms with van der Waals surface area (Å²) in [7, 11) is 1.57. The quantitative estimate of drug-likeness (QED) is 0.701. The third-order valence-corrected chi connectivity index (χ3v) is 4.11. The first-order chi connectivity index (χ1) is 12.5. The number of carbonyl (C=O) groups excluding carboxylic acids is 1. The molecule has 3 heterocycles. The molecule has 2 N–H and O–H groups in total. The number of hydrogen-bond donors (Lipinski definition) is 2. The van der Waals surface area contributed by atoms with Gasteiger partial charge < -0.3 is 14.8 Å². The van der Waals surface area contributed by atoms with Crippen molar-refractivity contribution < 1.29 is 14.3 Å². The van der Waals surface area contributed by atoms with Crippen LogP contribution in [-0.4, -0.2) is 28.2 Å². The summed E-state index contributed by atoms with van der Waals surface area (Å²) in [4.78, 5) is 24.6. The lowest BCUT2D eigenvalue weighted by Crippen LogP contribution is -2.17. The van der Waals surface area contributed by atoms with E-state index in [0.717, 1.165) is 10.7 Å². The Morgan fingerprint density at radius 1 is 1.19 bits per heavy atom. The normalized spacial score (nSPS) is 10.3. The molecule has 0 saturated heterocycles. The number of nitrogens with zero attached hydrogens (tertiary/aromatic N) is 3. The van der Waals surface area contributed by atoms with E-state index >= 15 is 0 Å².